The monoisotopic (exact) mass is 339 g/mol. The molecule has 0 unspecified atom stereocenters. The number of halogens is 1. The van der Waals surface area contributed by atoms with E-state index in [2.05, 4.69) is 4.72 Å². The van der Waals surface area contributed by atoms with Crippen molar-refractivity contribution in [2.24, 2.45) is 0 Å². The van der Waals surface area contributed by atoms with Crippen molar-refractivity contribution in [1.29, 1.82) is 0 Å². The molecule has 0 aromatic heterocycles. The fourth-order valence-corrected chi connectivity index (χ4v) is 2.88. The van der Waals surface area contributed by atoms with Crippen molar-refractivity contribution >= 4 is 10.0 Å². The zero-order chi connectivity index (χ0) is 16.7. The fraction of sp³-hybridized carbons (Fsp3) is 0.250. The first-order chi connectivity index (χ1) is 11.0. The smallest absolute Gasteiger partial charge is 0.240 e. The van der Waals surface area contributed by atoms with Crippen LogP contribution in [0.1, 0.15) is 6.92 Å². The molecule has 7 heteroatoms. The molecule has 0 saturated heterocycles. The second-order valence-electron chi connectivity index (χ2n) is 4.61. The lowest BCUT2D eigenvalue weighted by molar-refractivity contribution is 0.321. The van der Waals surface area contributed by atoms with Gasteiger partial charge in [-0.3, -0.25) is 0 Å². The molecule has 124 valence electrons. The van der Waals surface area contributed by atoms with Gasteiger partial charge in [0, 0.05) is 12.6 Å². The van der Waals surface area contributed by atoms with Gasteiger partial charge < -0.3 is 9.47 Å². The van der Waals surface area contributed by atoms with Gasteiger partial charge in [-0.25, -0.2) is 17.5 Å². The number of nitrogens with one attached hydrogen (secondary N) is 1. The standard InChI is InChI=1S/C16H18FNO4S/c1-2-21-14-6-8-16(9-7-14)23(19,20)18-10-11-22-15-5-3-4-13(17)12-15/h3-9,12,18H,2,10-11H2,1H3. The van der Waals surface area contributed by atoms with Gasteiger partial charge in [0.25, 0.3) is 0 Å². The first-order valence-electron chi connectivity index (χ1n) is 7.12. The van der Waals surface area contributed by atoms with Crippen LogP contribution in [0.3, 0.4) is 0 Å². The molecule has 0 amide bonds. The summed E-state index contributed by atoms with van der Waals surface area (Å²) in [6.07, 6.45) is 0. The van der Waals surface area contributed by atoms with Crippen molar-refractivity contribution in [2.75, 3.05) is 19.8 Å². The maximum Gasteiger partial charge on any atom is 0.240 e. The van der Waals surface area contributed by atoms with E-state index in [1.165, 1.54) is 30.3 Å². The maximum absolute atomic E-state index is 13.0. The van der Waals surface area contributed by atoms with E-state index in [0.717, 1.165) is 0 Å². The van der Waals surface area contributed by atoms with E-state index >= 15 is 0 Å². The quantitative estimate of drug-likeness (QED) is 0.751. The molecule has 0 aliphatic rings. The molecule has 0 atom stereocenters. The number of ether oxygens (including phenoxy) is 2. The SMILES string of the molecule is CCOc1ccc(S(=O)(=O)NCCOc2cccc(F)c2)cc1. The van der Waals surface area contributed by atoms with E-state index in [-0.39, 0.29) is 18.0 Å². The Morgan fingerprint density at radius 2 is 1.78 bits per heavy atom. The van der Waals surface area contributed by atoms with Gasteiger partial charge in [-0.2, -0.15) is 0 Å². The van der Waals surface area contributed by atoms with Crippen LogP contribution < -0.4 is 14.2 Å². The summed E-state index contributed by atoms with van der Waals surface area (Å²) >= 11 is 0. The largest absolute Gasteiger partial charge is 0.494 e. The third-order valence-electron chi connectivity index (χ3n) is 2.90. The predicted octanol–water partition coefficient (Wildman–Crippen LogP) is 2.58. The predicted molar refractivity (Wildman–Crippen MR) is 84.7 cm³/mol. The summed E-state index contributed by atoms with van der Waals surface area (Å²) in [6, 6.07) is 11.8. The zero-order valence-corrected chi connectivity index (χ0v) is 13.5. The average molecular weight is 339 g/mol. The van der Waals surface area contributed by atoms with Gasteiger partial charge in [0.2, 0.25) is 10.0 Å². The van der Waals surface area contributed by atoms with Crippen LogP contribution in [-0.4, -0.2) is 28.2 Å². The average Bonchev–Trinajstić information content (AvgIpc) is 2.53. The molecule has 0 heterocycles. The Bertz CT molecular complexity index is 732. The zero-order valence-electron chi connectivity index (χ0n) is 12.7. The van der Waals surface area contributed by atoms with Crippen LogP contribution in [0.15, 0.2) is 53.4 Å². The Kier molecular flexibility index (Phi) is 5.95. The first kappa shape index (κ1) is 17.2. The summed E-state index contributed by atoms with van der Waals surface area (Å²) in [5.41, 5.74) is 0. The van der Waals surface area contributed by atoms with Crippen LogP contribution in [0, 0.1) is 5.82 Å². The van der Waals surface area contributed by atoms with Crippen LogP contribution in [0.2, 0.25) is 0 Å². The Labute approximate surface area is 135 Å². The van der Waals surface area contributed by atoms with Crippen molar-refractivity contribution in [2.45, 2.75) is 11.8 Å². The van der Waals surface area contributed by atoms with Crippen molar-refractivity contribution in [1.82, 2.24) is 4.72 Å². The fourth-order valence-electron chi connectivity index (χ4n) is 1.87. The Morgan fingerprint density at radius 3 is 2.43 bits per heavy atom. The summed E-state index contributed by atoms with van der Waals surface area (Å²) in [6.45, 7) is 2.54. The summed E-state index contributed by atoms with van der Waals surface area (Å²) in [5.74, 6) is 0.559. The molecule has 0 radical (unpaired) electrons. The van der Waals surface area contributed by atoms with Crippen molar-refractivity contribution in [3.8, 4) is 11.5 Å². The number of sulfonamides is 1. The number of hydrogen-bond donors (Lipinski definition) is 1. The highest BCUT2D eigenvalue weighted by Crippen LogP contribution is 2.16. The number of rotatable bonds is 8. The van der Waals surface area contributed by atoms with Crippen LogP contribution >= 0.6 is 0 Å². The van der Waals surface area contributed by atoms with Gasteiger partial charge in [-0.05, 0) is 43.3 Å². The minimum atomic E-state index is -3.61. The molecule has 2 aromatic carbocycles. The third-order valence-corrected chi connectivity index (χ3v) is 4.38. The third kappa shape index (κ3) is 5.22. The van der Waals surface area contributed by atoms with Gasteiger partial charge in [0.05, 0.1) is 11.5 Å². The van der Waals surface area contributed by atoms with Crippen molar-refractivity contribution in [3.63, 3.8) is 0 Å². The second kappa shape index (κ2) is 7.94. The summed E-state index contributed by atoms with van der Waals surface area (Å²) in [7, 11) is -3.61. The second-order valence-corrected chi connectivity index (χ2v) is 6.37. The molecule has 0 aliphatic carbocycles. The molecule has 23 heavy (non-hydrogen) atoms. The Hall–Kier alpha value is -2.12. The number of hydrogen-bond acceptors (Lipinski definition) is 4. The number of benzene rings is 2. The minimum absolute atomic E-state index is 0.0755. The van der Waals surface area contributed by atoms with E-state index < -0.39 is 15.8 Å². The highest BCUT2D eigenvalue weighted by atomic mass is 32.2. The molecule has 2 rings (SSSR count). The molecular weight excluding hydrogens is 321 g/mol. The molecule has 0 aliphatic heterocycles. The molecular formula is C16H18FNO4S. The van der Waals surface area contributed by atoms with Crippen LogP contribution in [0.5, 0.6) is 11.5 Å². The minimum Gasteiger partial charge on any atom is -0.494 e. The Morgan fingerprint density at radius 1 is 1.04 bits per heavy atom. The Balaban J connectivity index is 1.86. The molecule has 2 aromatic rings. The van der Waals surface area contributed by atoms with Crippen molar-refractivity contribution < 1.29 is 22.3 Å². The van der Waals surface area contributed by atoms with E-state index in [0.29, 0.717) is 18.1 Å². The normalized spacial score (nSPS) is 11.2. The van der Waals surface area contributed by atoms with Crippen LogP contribution in [0.25, 0.3) is 0 Å². The van der Waals surface area contributed by atoms with E-state index in [1.807, 2.05) is 6.92 Å². The molecule has 5 nitrogen and oxygen atoms in total. The van der Waals surface area contributed by atoms with Crippen LogP contribution in [0.4, 0.5) is 4.39 Å². The van der Waals surface area contributed by atoms with Crippen molar-refractivity contribution in [3.05, 3.63) is 54.3 Å². The highest BCUT2D eigenvalue weighted by Gasteiger charge is 2.13. The van der Waals surface area contributed by atoms with Gasteiger partial charge in [0.1, 0.15) is 23.9 Å². The summed E-state index contributed by atoms with van der Waals surface area (Å²) in [5, 5.41) is 0. The van der Waals surface area contributed by atoms with E-state index in [9.17, 15) is 12.8 Å². The van der Waals surface area contributed by atoms with Gasteiger partial charge in [-0.1, -0.05) is 6.07 Å². The molecule has 0 fully saturated rings. The molecule has 1 N–H and O–H groups in total. The lowest BCUT2D eigenvalue weighted by Crippen LogP contribution is -2.28. The topological polar surface area (TPSA) is 64.6 Å². The van der Waals surface area contributed by atoms with Gasteiger partial charge in [0.15, 0.2) is 0 Å². The lowest BCUT2D eigenvalue weighted by atomic mass is 10.3. The maximum atomic E-state index is 13.0. The summed E-state index contributed by atoms with van der Waals surface area (Å²) in [4.78, 5) is 0.145. The van der Waals surface area contributed by atoms with Gasteiger partial charge in [-0.15, -0.1) is 0 Å². The summed E-state index contributed by atoms with van der Waals surface area (Å²) < 4.78 is 50.1. The van der Waals surface area contributed by atoms with E-state index in [4.69, 9.17) is 9.47 Å². The molecule has 0 spiro atoms. The lowest BCUT2D eigenvalue weighted by Gasteiger charge is -2.09. The highest BCUT2D eigenvalue weighted by molar-refractivity contribution is 7.89. The molecule has 0 bridgehead atoms. The van der Waals surface area contributed by atoms with E-state index in [1.54, 1.807) is 18.2 Å². The van der Waals surface area contributed by atoms with Gasteiger partial charge >= 0.3 is 0 Å². The molecule has 0 saturated carbocycles. The first-order valence-corrected chi connectivity index (χ1v) is 8.60. The van der Waals surface area contributed by atoms with Crippen LogP contribution in [-0.2, 0) is 10.0 Å².